The van der Waals surface area contributed by atoms with Crippen LogP contribution in [0.1, 0.15) is 0 Å². The standard InChI is InChI=1S/C13H9Cl3N6O2S/c14-7-3-11(12(17-5-7)20-13-18-6-19-21-13)22-25(23,24)8-1-2-9(15)10(16)4-8/h1-6,22H,(H2,17,18,19,20,21). The van der Waals surface area contributed by atoms with Gasteiger partial charge in [-0.15, -0.1) is 5.10 Å². The lowest BCUT2D eigenvalue weighted by Gasteiger charge is -2.12. The molecule has 0 bridgehead atoms. The van der Waals surface area contributed by atoms with Gasteiger partial charge in [-0.2, -0.15) is 0 Å². The van der Waals surface area contributed by atoms with Crippen molar-refractivity contribution in [2.75, 3.05) is 10.0 Å². The predicted octanol–water partition coefficient (Wildman–Crippen LogP) is 3.70. The van der Waals surface area contributed by atoms with E-state index < -0.39 is 10.0 Å². The van der Waals surface area contributed by atoms with Crippen molar-refractivity contribution in [3.63, 3.8) is 0 Å². The van der Waals surface area contributed by atoms with Crippen LogP contribution >= 0.6 is 34.8 Å². The van der Waals surface area contributed by atoms with Crippen molar-refractivity contribution in [1.29, 1.82) is 0 Å². The molecule has 0 amide bonds. The first-order valence-corrected chi connectivity index (χ1v) is 9.23. The van der Waals surface area contributed by atoms with E-state index >= 15 is 0 Å². The van der Waals surface area contributed by atoms with Crippen molar-refractivity contribution < 1.29 is 8.42 Å². The lowest BCUT2D eigenvalue weighted by Crippen LogP contribution is -2.14. The first kappa shape index (κ1) is 17.7. The lowest BCUT2D eigenvalue weighted by molar-refractivity contribution is 0.601. The van der Waals surface area contributed by atoms with Crippen LogP contribution in [0.2, 0.25) is 15.1 Å². The van der Waals surface area contributed by atoms with Gasteiger partial charge in [0.15, 0.2) is 5.82 Å². The molecule has 3 N–H and O–H groups in total. The molecule has 0 aliphatic heterocycles. The number of anilines is 3. The summed E-state index contributed by atoms with van der Waals surface area (Å²) in [6.07, 6.45) is 2.71. The highest BCUT2D eigenvalue weighted by molar-refractivity contribution is 7.92. The number of hydrogen-bond donors (Lipinski definition) is 3. The number of sulfonamides is 1. The minimum Gasteiger partial charge on any atom is -0.306 e. The SMILES string of the molecule is O=S(=O)(Nc1cc(Cl)cnc1Nc1nc[nH]n1)c1ccc(Cl)c(Cl)c1. The number of hydrogen-bond acceptors (Lipinski definition) is 6. The highest BCUT2D eigenvalue weighted by atomic mass is 35.5. The highest BCUT2D eigenvalue weighted by Crippen LogP contribution is 2.29. The van der Waals surface area contributed by atoms with E-state index in [0.29, 0.717) is 0 Å². The Morgan fingerprint density at radius 3 is 2.52 bits per heavy atom. The molecule has 3 rings (SSSR count). The van der Waals surface area contributed by atoms with E-state index in [1.165, 1.54) is 36.8 Å². The van der Waals surface area contributed by atoms with Gasteiger partial charge in [0.05, 0.1) is 25.7 Å². The summed E-state index contributed by atoms with van der Waals surface area (Å²) in [6, 6.07) is 5.36. The Balaban J connectivity index is 1.95. The van der Waals surface area contributed by atoms with Crippen molar-refractivity contribution in [1.82, 2.24) is 20.2 Å². The Labute approximate surface area is 157 Å². The third-order valence-corrected chi connectivity index (χ3v) is 5.25. The molecular weight excluding hydrogens is 411 g/mol. The van der Waals surface area contributed by atoms with E-state index in [9.17, 15) is 8.42 Å². The second-order valence-electron chi connectivity index (χ2n) is 4.68. The molecule has 1 aromatic carbocycles. The molecule has 25 heavy (non-hydrogen) atoms. The maximum absolute atomic E-state index is 12.6. The maximum Gasteiger partial charge on any atom is 0.262 e. The molecule has 3 aromatic rings. The molecule has 0 spiro atoms. The number of aromatic amines is 1. The molecule has 0 fully saturated rings. The summed E-state index contributed by atoms with van der Waals surface area (Å²) >= 11 is 17.6. The summed E-state index contributed by atoms with van der Waals surface area (Å²) in [6.45, 7) is 0. The first-order chi connectivity index (χ1) is 11.8. The number of nitrogens with zero attached hydrogens (tertiary/aromatic N) is 3. The third-order valence-electron chi connectivity index (χ3n) is 2.95. The van der Waals surface area contributed by atoms with Crippen molar-refractivity contribution in [2.24, 2.45) is 0 Å². The molecule has 0 radical (unpaired) electrons. The van der Waals surface area contributed by atoms with Crippen LogP contribution in [0.3, 0.4) is 0 Å². The zero-order chi connectivity index (χ0) is 18.0. The molecule has 2 heterocycles. The molecule has 0 aliphatic rings. The summed E-state index contributed by atoms with van der Waals surface area (Å²) < 4.78 is 27.6. The summed E-state index contributed by atoms with van der Waals surface area (Å²) in [5, 5.41) is 9.73. The quantitative estimate of drug-likeness (QED) is 0.581. The van der Waals surface area contributed by atoms with Gasteiger partial charge >= 0.3 is 0 Å². The van der Waals surface area contributed by atoms with Crippen LogP contribution in [0.4, 0.5) is 17.5 Å². The first-order valence-electron chi connectivity index (χ1n) is 6.61. The van der Waals surface area contributed by atoms with Gasteiger partial charge in [0.1, 0.15) is 6.33 Å². The van der Waals surface area contributed by atoms with Gasteiger partial charge in [0.2, 0.25) is 5.95 Å². The number of aromatic nitrogens is 4. The van der Waals surface area contributed by atoms with Crippen LogP contribution in [0.15, 0.2) is 41.7 Å². The van der Waals surface area contributed by atoms with Gasteiger partial charge in [-0.1, -0.05) is 34.8 Å². The molecule has 0 atom stereocenters. The fourth-order valence-corrected chi connectivity index (χ4v) is 3.44. The average molecular weight is 420 g/mol. The molecule has 12 heteroatoms. The van der Waals surface area contributed by atoms with Gasteiger partial charge in [-0.25, -0.2) is 18.4 Å². The molecular formula is C13H9Cl3N6O2S. The van der Waals surface area contributed by atoms with Crippen LogP contribution in [0, 0.1) is 0 Å². The Kier molecular flexibility index (Phi) is 5.00. The van der Waals surface area contributed by atoms with Gasteiger partial charge in [0, 0.05) is 6.20 Å². The monoisotopic (exact) mass is 418 g/mol. The van der Waals surface area contributed by atoms with Crippen molar-refractivity contribution in [3.05, 3.63) is 51.9 Å². The van der Waals surface area contributed by atoms with Crippen molar-refractivity contribution >= 4 is 62.3 Å². The van der Waals surface area contributed by atoms with Crippen LogP contribution in [0.5, 0.6) is 0 Å². The zero-order valence-electron chi connectivity index (χ0n) is 12.2. The average Bonchev–Trinajstić information content (AvgIpc) is 3.05. The number of rotatable bonds is 5. The largest absolute Gasteiger partial charge is 0.306 e. The van der Waals surface area contributed by atoms with E-state index in [1.807, 2.05) is 0 Å². The summed E-state index contributed by atoms with van der Waals surface area (Å²) in [5.74, 6) is 0.387. The van der Waals surface area contributed by atoms with Gasteiger partial charge in [0.25, 0.3) is 10.0 Å². The van der Waals surface area contributed by atoms with Crippen LogP contribution < -0.4 is 10.0 Å². The summed E-state index contributed by atoms with van der Waals surface area (Å²) in [7, 11) is -3.95. The summed E-state index contributed by atoms with van der Waals surface area (Å²) in [4.78, 5) is 7.88. The molecule has 130 valence electrons. The fourth-order valence-electron chi connectivity index (χ4n) is 1.84. The van der Waals surface area contributed by atoms with E-state index in [1.54, 1.807) is 0 Å². The van der Waals surface area contributed by atoms with Crippen molar-refractivity contribution in [3.8, 4) is 0 Å². The Hall–Kier alpha value is -2.07. The Morgan fingerprint density at radius 1 is 1.04 bits per heavy atom. The molecule has 0 saturated heterocycles. The number of pyridine rings is 1. The van der Waals surface area contributed by atoms with Crippen LogP contribution in [-0.2, 0) is 10.0 Å². The molecule has 0 saturated carbocycles. The van der Waals surface area contributed by atoms with E-state index in [0.717, 1.165) is 0 Å². The van der Waals surface area contributed by atoms with E-state index in [4.69, 9.17) is 34.8 Å². The second kappa shape index (κ2) is 7.04. The van der Waals surface area contributed by atoms with E-state index in [2.05, 4.69) is 30.2 Å². The topological polar surface area (TPSA) is 113 Å². The summed E-state index contributed by atoms with van der Waals surface area (Å²) in [5.41, 5.74) is 0.114. The minimum atomic E-state index is -3.95. The van der Waals surface area contributed by atoms with Crippen LogP contribution in [0.25, 0.3) is 0 Å². The number of nitrogens with one attached hydrogen (secondary N) is 3. The smallest absolute Gasteiger partial charge is 0.262 e. The highest BCUT2D eigenvalue weighted by Gasteiger charge is 2.19. The minimum absolute atomic E-state index is 0.0641. The predicted molar refractivity (Wildman–Crippen MR) is 96.2 cm³/mol. The fraction of sp³-hybridized carbons (Fsp3) is 0. The van der Waals surface area contributed by atoms with Gasteiger partial charge < -0.3 is 5.32 Å². The number of halogens is 3. The lowest BCUT2D eigenvalue weighted by atomic mass is 10.4. The molecule has 0 unspecified atom stereocenters. The van der Waals surface area contributed by atoms with E-state index in [-0.39, 0.29) is 37.4 Å². The maximum atomic E-state index is 12.6. The zero-order valence-corrected chi connectivity index (χ0v) is 15.2. The molecule has 8 nitrogen and oxygen atoms in total. The third kappa shape index (κ3) is 4.13. The van der Waals surface area contributed by atoms with Gasteiger partial charge in [-0.05, 0) is 24.3 Å². The number of benzene rings is 1. The second-order valence-corrected chi connectivity index (χ2v) is 7.61. The Bertz CT molecular complexity index is 1010. The van der Waals surface area contributed by atoms with Gasteiger partial charge in [-0.3, -0.25) is 9.82 Å². The number of H-pyrrole nitrogens is 1. The normalized spacial score (nSPS) is 11.3. The molecule has 0 aliphatic carbocycles. The van der Waals surface area contributed by atoms with Crippen LogP contribution in [-0.4, -0.2) is 28.6 Å². The van der Waals surface area contributed by atoms with Crippen molar-refractivity contribution in [2.45, 2.75) is 4.90 Å². The molecule has 2 aromatic heterocycles. The Morgan fingerprint density at radius 2 is 1.84 bits per heavy atom.